The first-order valence-corrected chi connectivity index (χ1v) is 10.9. The molecule has 2 heterocycles. The van der Waals surface area contributed by atoms with Crippen LogP contribution in [0, 0.1) is 5.82 Å². The van der Waals surface area contributed by atoms with Crippen LogP contribution in [0.25, 0.3) is 0 Å². The summed E-state index contributed by atoms with van der Waals surface area (Å²) < 4.78 is 40.6. The predicted molar refractivity (Wildman–Crippen MR) is 100 cm³/mol. The molecule has 5 nitrogen and oxygen atoms in total. The van der Waals surface area contributed by atoms with E-state index in [9.17, 15) is 17.6 Å². The van der Waals surface area contributed by atoms with Gasteiger partial charge in [-0.05, 0) is 48.6 Å². The fourth-order valence-electron chi connectivity index (χ4n) is 2.98. The van der Waals surface area contributed by atoms with E-state index in [1.807, 2.05) is 0 Å². The van der Waals surface area contributed by atoms with E-state index >= 15 is 0 Å². The molecule has 0 radical (unpaired) electrons. The maximum absolute atomic E-state index is 13.3. The van der Waals surface area contributed by atoms with Gasteiger partial charge in [0.25, 0.3) is 10.0 Å². The molecule has 0 saturated carbocycles. The zero-order valence-corrected chi connectivity index (χ0v) is 15.9. The van der Waals surface area contributed by atoms with Gasteiger partial charge in [-0.25, -0.2) is 12.8 Å². The monoisotopic (exact) mass is 396 g/mol. The molecule has 2 aromatic rings. The van der Waals surface area contributed by atoms with E-state index in [1.54, 1.807) is 16.3 Å². The lowest BCUT2D eigenvalue weighted by molar-refractivity contribution is -0.129. The van der Waals surface area contributed by atoms with Crippen LogP contribution in [-0.2, 0) is 14.8 Å². The standard InChI is InChI=1S/C18H21FN2O3S2/c19-15-7-9-16(10-8-15)21(26(23,24)18-6-5-13-25-18)14-17(22)20-11-3-1-2-4-12-20/h5-10,13H,1-4,11-12,14H2. The van der Waals surface area contributed by atoms with E-state index in [2.05, 4.69) is 0 Å². The predicted octanol–water partition coefficient (Wildman–Crippen LogP) is 3.49. The second-order valence-electron chi connectivity index (χ2n) is 6.22. The highest BCUT2D eigenvalue weighted by atomic mass is 32.2. The third-order valence-corrected chi connectivity index (χ3v) is 7.54. The van der Waals surface area contributed by atoms with Crippen molar-refractivity contribution in [3.8, 4) is 0 Å². The van der Waals surface area contributed by atoms with Crippen LogP contribution in [0.4, 0.5) is 10.1 Å². The molecule has 8 heteroatoms. The quantitative estimate of drug-likeness (QED) is 0.777. The summed E-state index contributed by atoms with van der Waals surface area (Å²) in [5.41, 5.74) is 0.281. The van der Waals surface area contributed by atoms with Crippen LogP contribution in [0.2, 0.25) is 0 Å². The van der Waals surface area contributed by atoms with E-state index in [1.165, 1.54) is 30.3 Å². The Morgan fingerprint density at radius 2 is 1.73 bits per heavy atom. The number of halogens is 1. The summed E-state index contributed by atoms with van der Waals surface area (Å²) in [4.78, 5) is 14.5. The molecule has 1 aliphatic heterocycles. The Morgan fingerprint density at radius 1 is 1.08 bits per heavy atom. The van der Waals surface area contributed by atoms with Crippen molar-refractivity contribution >= 4 is 33.0 Å². The molecule has 1 saturated heterocycles. The SMILES string of the molecule is O=C(CN(c1ccc(F)cc1)S(=O)(=O)c1cccs1)N1CCCCCC1. The molecular formula is C18H21FN2O3S2. The molecule has 140 valence electrons. The number of likely N-dealkylation sites (tertiary alicyclic amines) is 1. The zero-order valence-electron chi connectivity index (χ0n) is 14.3. The van der Waals surface area contributed by atoms with Crippen LogP contribution < -0.4 is 4.31 Å². The molecule has 1 amide bonds. The van der Waals surface area contributed by atoms with Gasteiger partial charge in [0.2, 0.25) is 5.91 Å². The van der Waals surface area contributed by atoms with E-state index < -0.39 is 15.8 Å². The van der Waals surface area contributed by atoms with Gasteiger partial charge in [-0.3, -0.25) is 9.10 Å². The summed E-state index contributed by atoms with van der Waals surface area (Å²) in [7, 11) is -3.88. The largest absolute Gasteiger partial charge is 0.341 e. The van der Waals surface area contributed by atoms with Gasteiger partial charge in [0.05, 0.1) is 5.69 Å². The Morgan fingerprint density at radius 3 is 2.31 bits per heavy atom. The number of sulfonamides is 1. The minimum atomic E-state index is -3.88. The lowest BCUT2D eigenvalue weighted by Gasteiger charge is -2.27. The van der Waals surface area contributed by atoms with E-state index in [0.717, 1.165) is 41.3 Å². The topological polar surface area (TPSA) is 57.7 Å². The van der Waals surface area contributed by atoms with Gasteiger partial charge in [-0.15, -0.1) is 11.3 Å². The molecular weight excluding hydrogens is 375 g/mol. The van der Waals surface area contributed by atoms with Crippen LogP contribution in [0.15, 0.2) is 46.0 Å². The fraction of sp³-hybridized carbons (Fsp3) is 0.389. The molecule has 1 aromatic carbocycles. The number of carbonyl (C=O) groups is 1. The number of benzene rings is 1. The van der Waals surface area contributed by atoms with Gasteiger partial charge in [-0.2, -0.15) is 0 Å². The first-order chi connectivity index (χ1) is 12.5. The van der Waals surface area contributed by atoms with Crippen LogP contribution >= 0.6 is 11.3 Å². The summed E-state index contributed by atoms with van der Waals surface area (Å²) in [5.74, 6) is -0.683. The average Bonchev–Trinajstić information content (AvgIpc) is 3.04. The van der Waals surface area contributed by atoms with Crippen LogP contribution in [0.5, 0.6) is 0 Å². The van der Waals surface area contributed by atoms with Gasteiger partial charge in [0.1, 0.15) is 16.6 Å². The third-order valence-electron chi connectivity index (χ3n) is 4.39. The number of nitrogens with zero attached hydrogens (tertiary/aromatic N) is 2. The highest BCUT2D eigenvalue weighted by molar-refractivity contribution is 7.94. The summed E-state index contributed by atoms with van der Waals surface area (Å²) >= 11 is 1.09. The van der Waals surface area contributed by atoms with Crippen molar-refractivity contribution in [2.45, 2.75) is 29.9 Å². The summed E-state index contributed by atoms with van der Waals surface area (Å²) in [6.45, 7) is 1.01. The molecule has 0 unspecified atom stereocenters. The number of anilines is 1. The number of rotatable bonds is 5. The minimum Gasteiger partial charge on any atom is -0.341 e. The highest BCUT2D eigenvalue weighted by Gasteiger charge is 2.29. The number of carbonyl (C=O) groups excluding carboxylic acids is 1. The first-order valence-electron chi connectivity index (χ1n) is 8.58. The minimum absolute atomic E-state index is 0.158. The van der Waals surface area contributed by atoms with Crippen molar-refractivity contribution in [2.24, 2.45) is 0 Å². The number of hydrogen-bond acceptors (Lipinski definition) is 4. The van der Waals surface area contributed by atoms with Crippen molar-refractivity contribution in [2.75, 3.05) is 23.9 Å². The van der Waals surface area contributed by atoms with Gasteiger partial charge in [0, 0.05) is 13.1 Å². The summed E-state index contributed by atoms with van der Waals surface area (Å²) in [5, 5.41) is 1.67. The normalized spacial score (nSPS) is 15.5. The Balaban J connectivity index is 1.90. The second kappa shape index (κ2) is 8.18. The van der Waals surface area contributed by atoms with Crippen LogP contribution in [-0.4, -0.2) is 38.9 Å². The third kappa shape index (κ3) is 4.24. The van der Waals surface area contributed by atoms with Crippen molar-refractivity contribution in [3.05, 3.63) is 47.6 Å². The molecule has 0 N–H and O–H groups in total. The van der Waals surface area contributed by atoms with E-state index in [0.29, 0.717) is 13.1 Å². The van der Waals surface area contributed by atoms with Gasteiger partial charge in [0.15, 0.2) is 0 Å². The maximum Gasteiger partial charge on any atom is 0.274 e. The van der Waals surface area contributed by atoms with Gasteiger partial charge >= 0.3 is 0 Å². The fourth-order valence-corrected chi connectivity index (χ4v) is 5.50. The molecule has 3 rings (SSSR count). The molecule has 0 atom stereocenters. The number of hydrogen-bond donors (Lipinski definition) is 0. The lowest BCUT2D eigenvalue weighted by Crippen LogP contribution is -2.43. The summed E-state index contributed by atoms with van der Waals surface area (Å²) in [6, 6.07) is 8.32. The van der Waals surface area contributed by atoms with Crippen LogP contribution in [0.1, 0.15) is 25.7 Å². The average molecular weight is 397 g/mol. The number of amides is 1. The Hall–Kier alpha value is -1.93. The van der Waals surface area contributed by atoms with Gasteiger partial charge in [-0.1, -0.05) is 18.9 Å². The second-order valence-corrected chi connectivity index (χ2v) is 9.25. The van der Waals surface area contributed by atoms with E-state index in [4.69, 9.17) is 0 Å². The Labute approximate surface area is 157 Å². The van der Waals surface area contributed by atoms with Crippen molar-refractivity contribution in [1.82, 2.24) is 4.90 Å². The smallest absolute Gasteiger partial charge is 0.274 e. The molecule has 1 aliphatic rings. The first kappa shape index (κ1) is 18.8. The number of thiophene rings is 1. The lowest BCUT2D eigenvalue weighted by atomic mass is 10.2. The zero-order chi connectivity index (χ0) is 18.6. The Bertz CT molecular complexity index is 828. The van der Waals surface area contributed by atoms with E-state index in [-0.39, 0.29) is 22.3 Å². The van der Waals surface area contributed by atoms with Crippen molar-refractivity contribution < 1.29 is 17.6 Å². The molecule has 1 aromatic heterocycles. The maximum atomic E-state index is 13.3. The van der Waals surface area contributed by atoms with Crippen molar-refractivity contribution in [3.63, 3.8) is 0 Å². The highest BCUT2D eigenvalue weighted by Crippen LogP contribution is 2.27. The Kier molecular flexibility index (Phi) is 5.93. The van der Waals surface area contributed by atoms with Crippen LogP contribution in [0.3, 0.4) is 0 Å². The summed E-state index contributed by atoms with van der Waals surface area (Å²) in [6.07, 6.45) is 4.03. The molecule has 26 heavy (non-hydrogen) atoms. The molecule has 0 bridgehead atoms. The molecule has 0 aliphatic carbocycles. The molecule has 0 spiro atoms. The molecule has 1 fully saturated rings. The van der Waals surface area contributed by atoms with Gasteiger partial charge < -0.3 is 4.90 Å². The van der Waals surface area contributed by atoms with Crippen molar-refractivity contribution in [1.29, 1.82) is 0 Å².